The average molecular weight is 226 g/mol. The lowest BCUT2D eigenvalue weighted by atomic mass is 10.2. The van der Waals surface area contributed by atoms with Crippen LogP contribution in [0.4, 0.5) is 13.2 Å². The topological polar surface area (TPSA) is 24.1 Å². The molecule has 0 bridgehead atoms. The molecule has 0 aromatic heterocycles. The van der Waals surface area contributed by atoms with E-state index in [1.807, 2.05) is 0 Å². The molecule has 0 aromatic carbocycles. The second kappa shape index (κ2) is 8.97. The summed E-state index contributed by atoms with van der Waals surface area (Å²) < 4.78 is 35.1. The number of rotatable bonds is 9. The molecule has 0 amide bonds. The van der Waals surface area contributed by atoms with Gasteiger partial charge in [-0.3, -0.25) is 0 Å². The Morgan fingerprint density at radius 1 is 0.867 bits per heavy atom. The second-order valence-electron chi connectivity index (χ2n) is 3.60. The molecule has 0 aliphatic carbocycles. The number of nitrogens with one attached hydrogen (secondary N) is 2. The van der Waals surface area contributed by atoms with Crippen LogP contribution in [0, 0.1) is 0 Å². The maximum Gasteiger partial charge on any atom is 0.401 e. The Hall–Kier alpha value is -0.290. The smallest absolute Gasteiger partial charge is 0.317 e. The number of halogens is 3. The summed E-state index contributed by atoms with van der Waals surface area (Å²) in [5, 5.41) is 5.56. The second-order valence-corrected chi connectivity index (χ2v) is 3.60. The van der Waals surface area contributed by atoms with Crippen LogP contribution in [-0.4, -0.2) is 32.4 Å². The largest absolute Gasteiger partial charge is 0.401 e. The van der Waals surface area contributed by atoms with Gasteiger partial charge >= 0.3 is 6.18 Å². The molecule has 0 aliphatic rings. The Labute approximate surface area is 89.6 Å². The van der Waals surface area contributed by atoms with Gasteiger partial charge in [-0.1, -0.05) is 19.8 Å². The third kappa shape index (κ3) is 13.7. The van der Waals surface area contributed by atoms with Crippen molar-refractivity contribution in [3.63, 3.8) is 0 Å². The highest BCUT2D eigenvalue weighted by Crippen LogP contribution is 2.11. The van der Waals surface area contributed by atoms with E-state index < -0.39 is 12.7 Å². The zero-order valence-electron chi connectivity index (χ0n) is 9.29. The number of hydrogen-bond donors (Lipinski definition) is 2. The van der Waals surface area contributed by atoms with E-state index in [0.29, 0.717) is 6.54 Å². The Morgan fingerprint density at radius 2 is 1.47 bits per heavy atom. The van der Waals surface area contributed by atoms with Crippen LogP contribution in [0.15, 0.2) is 0 Å². The van der Waals surface area contributed by atoms with Crippen molar-refractivity contribution in [1.82, 2.24) is 10.6 Å². The van der Waals surface area contributed by atoms with E-state index in [1.165, 1.54) is 12.8 Å². The van der Waals surface area contributed by atoms with Crippen LogP contribution in [0.3, 0.4) is 0 Å². The van der Waals surface area contributed by atoms with Crippen molar-refractivity contribution in [2.75, 3.05) is 26.2 Å². The summed E-state index contributed by atoms with van der Waals surface area (Å²) in [5.74, 6) is 0. The zero-order chi connectivity index (χ0) is 11.6. The molecule has 0 aliphatic heterocycles. The van der Waals surface area contributed by atoms with Gasteiger partial charge in [0.2, 0.25) is 0 Å². The van der Waals surface area contributed by atoms with Gasteiger partial charge in [-0.05, 0) is 32.5 Å². The average Bonchev–Trinajstić information content (AvgIpc) is 2.14. The first kappa shape index (κ1) is 14.7. The Bertz CT molecular complexity index is 137. The van der Waals surface area contributed by atoms with Crippen LogP contribution in [0.1, 0.15) is 32.6 Å². The maximum absolute atomic E-state index is 11.7. The molecule has 15 heavy (non-hydrogen) atoms. The van der Waals surface area contributed by atoms with Crippen LogP contribution in [-0.2, 0) is 0 Å². The van der Waals surface area contributed by atoms with Gasteiger partial charge in [0.05, 0.1) is 6.54 Å². The summed E-state index contributed by atoms with van der Waals surface area (Å²) in [7, 11) is 0. The monoisotopic (exact) mass is 226 g/mol. The molecule has 0 aromatic rings. The van der Waals surface area contributed by atoms with Gasteiger partial charge < -0.3 is 10.6 Å². The SMILES string of the molecule is CCCCCNCCCNCC(F)(F)F. The van der Waals surface area contributed by atoms with Crippen LogP contribution in [0.2, 0.25) is 0 Å². The van der Waals surface area contributed by atoms with Crippen molar-refractivity contribution in [2.24, 2.45) is 0 Å². The fourth-order valence-electron chi connectivity index (χ4n) is 1.19. The van der Waals surface area contributed by atoms with E-state index in [1.54, 1.807) is 0 Å². The minimum absolute atomic E-state index is 0.417. The molecule has 2 nitrogen and oxygen atoms in total. The molecule has 0 radical (unpaired) electrons. The van der Waals surface area contributed by atoms with Gasteiger partial charge in [0.25, 0.3) is 0 Å². The molecular formula is C10H21F3N2. The standard InChI is InChI=1S/C10H21F3N2/c1-2-3-4-6-14-7-5-8-15-9-10(11,12)13/h14-15H,2-9H2,1H3. The van der Waals surface area contributed by atoms with E-state index in [0.717, 1.165) is 25.9 Å². The summed E-state index contributed by atoms with van der Waals surface area (Å²) in [4.78, 5) is 0. The van der Waals surface area contributed by atoms with E-state index >= 15 is 0 Å². The summed E-state index contributed by atoms with van der Waals surface area (Å²) in [6.07, 6.45) is 0.192. The molecule has 0 atom stereocenters. The number of hydrogen-bond acceptors (Lipinski definition) is 2. The molecular weight excluding hydrogens is 205 g/mol. The Balaban J connectivity index is 2.99. The number of unbranched alkanes of at least 4 members (excludes halogenated alkanes) is 2. The Kier molecular flexibility index (Phi) is 8.80. The van der Waals surface area contributed by atoms with E-state index in [4.69, 9.17) is 0 Å². The number of alkyl halides is 3. The summed E-state index contributed by atoms with van der Waals surface area (Å²) in [5.41, 5.74) is 0. The molecule has 92 valence electrons. The molecule has 0 spiro atoms. The van der Waals surface area contributed by atoms with E-state index in [9.17, 15) is 13.2 Å². The summed E-state index contributed by atoms with van der Waals surface area (Å²) >= 11 is 0. The van der Waals surface area contributed by atoms with Crippen molar-refractivity contribution in [2.45, 2.75) is 38.8 Å². The fourth-order valence-corrected chi connectivity index (χ4v) is 1.19. The van der Waals surface area contributed by atoms with Crippen molar-refractivity contribution >= 4 is 0 Å². The molecule has 0 saturated heterocycles. The highest BCUT2D eigenvalue weighted by atomic mass is 19.4. The van der Waals surface area contributed by atoms with Gasteiger partial charge in [-0.2, -0.15) is 13.2 Å². The Morgan fingerprint density at radius 3 is 2.07 bits per heavy atom. The lowest BCUT2D eigenvalue weighted by Gasteiger charge is -2.08. The minimum atomic E-state index is -4.09. The first-order valence-corrected chi connectivity index (χ1v) is 5.54. The summed E-state index contributed by atoms with van der Waals surface area (Å²) in [6.45, 7) is 3.42. The summed E-state index contributed by atoms with van der Waals surface area (Å²) in [6, 6.07) is 0. The van der Waals surface area contributed by atoms with Gasteiger partial charge in [0.15, 0.2) is 0 Å². The van der Waals surface area contributed by atoms with E-state index in [2.05, 4.69) is 17.6 Å². The first-order valence-electron chi connectivity index (χ1n) is 5.54. The molecule has 5 heteroatoms. The van der Waals surface area contributed by atoms with Gasteiger partial charge in [0.1, 0.15) is 0 Å². The highest BCUT2D eigenvalue weighted by molar-refractivity contribution is 4.57. The first-order chi connectivity index (χ1) is 7.06. The van der Waals surface area contributed by atoms with Crippen LogP contribution >= 0.6 is 0 Å². The maximum atomic E-state index is 11.7. The molecule has 2 N–H and O–H groups in total. The molecule has 0 heterocycles. The lowest BCUT2D eigenvalue weighted by molar-refractivity contribution is -0.124. The molecule has 0 fully saturated rings. The van der Waals surface area contributed by atoms with Crippen LogP contribution in [0.5, 0.6) is 0 Å². The normalized spacial score (nSPS) is 12.0. The van der Waals surface area contributed by atoms with Crippen molar-refractivity contribution in [1.29, 1.82) is 0 Å². The molecule has 0 rings (SSSR count). The predicted molar refractivity (Wildman–Crippen MR) is 55.9 cm³/mol. The van der Waals surface area contributed by atoms with Crippen LogP contribution < -0.4 is 10.6 Å². The predicted octanol–water partition coefficient (Wildman–Crippen LogP) is 2.31. The van der Waals surface area contributed by atoms with Crippen molar-refractivity contribution < 1.29 is 13.2 Å². The van der Waals surface area contributed by atoms with Gasteiger partial charge in [-0.25, -0.2) is 0 Å². The highest BCUT2D eigenvalue weighted by Gasteiger charge is 2.25. The third-order valence-electron chi connectivity index (χ3n) is 1.99. The zero-order valence-corrected chi connectivity index (χ0v) is 9.29. The van der Waals surface area contributed by atoms with Gasteiger partial charge in [0, 0.05) is 0 Å². The lowest BCUT2D eigenvalue weighted by Crippen LogP contribution is -2.31. The van der Waals surface area contributed by atoms with Crippen LogP contribution in [0.25, 0.3) is 0 Å². The quantitative estimate of drug-likeness (QED) is 0.589. The van der Waals surface area contributed by atoms with E-state index in [-0.39, 0.29) is 0 Å². The minimum Gasteiger partial charge on any atom is -0.317 e. The van der Waals surface area contributed by atoms with Gasteiger partial charge in [-0.15, -0.1) is 0 Å². The molecule has 0 unspecified atom stereocenters. The van der Waals surface area contributed by atoms with Crippen molar-refractivity contribution in [3.8, 4) is 0 Å². The fraction of sp³-hybridized carbons (Fsp3) is 1.00. The molecule has 0 saturated carbocycles. The third-order valence-corrected chi connectivity index (χ3v) is 1.99. The van der Waals surface area contributed by atoms with Crippen molar-refractivity contribution in [3.05, 3.63) is 0 Å².